The van der Waals surface area contributed by atoms with E-state index in [0.717, 1.165) is 18.7 Å². The summed E-state index contributed by atoms with van der Waals surface area (Å²) in [6, 6.07) is 7.67. The van der Waals surface area contributed by atoms with Crippen LogP contribution in [-0.2, 0) is 0 Å². The van der Waals surface area contributed by atoms with Crippen LogP contribution < -0.4 is 10.6 Å². The summed E-state index contributed by atoms with van der Waals surface area (Å²) in [5.41, 5.74) is 1.12. The molecule has 1 aromatic carbocycles. The summed E-state index contributed by atoms with van der Waals surface area (Å²) in [5, 5.41) is 15.4. The van der Waals surface area contributed by atoms with Crippen LogP contribution >= 0.6 is 11.6 Å². The Morgan fingerprint density at radius 3 is 2.64 bits per heavy atom. The van der Waals surface area contributed by atoms with Gasteiger partial charge in [-0.05, 0) is 50.6 Å². The molecule has 0 radical (unpaired) electrons. The van der Waals surface area contributed by atoms with Crippen molar-refractivity contribution < 1.29 is 9.90 Å². The molecule has 2 atom stereocenters. The van der Waals surface area contributed by atoms with Crippen LogP contribution in [0.25, 0.3) is 0 Å². The Bertz CT molecular complexity index is 490. The largest absolute Gasteiger partial charge is 0.392 e. The number of likely N-dealkylation sites (tertiary alicyclic amines) is 1. The van der Waals surface area contributed by atoms with Crippen molar-refractivity contribution in [3.63, 3.8) is 0 Å². The molecule has 122 valence electrons. The maximum absolute atomic E-state index is 11.8. The fourth-order valence-corrected chi connectivity index (χ4v) is 2.92. The molecular weight excluding hydrogens is 302 g/mol. The first-order chi connectivity index (χ1) is 10.6. The second kappa shape index (κ2) is 8.36. The number of benzene rings is 1. The maximum Gasteiger partial charge on any atom is 0.314 e. The number of hydrogen-bond donors (Lipinski definition) is 3. The molecule has 0 unspecified atom stereocenters. The van der Waals surface area contributed by atoms with Gasteiger partial charge in [0.25, 0.3) is 0 Å². The fourth-order valence-electron chi connectivity index (χ4n) is 2.72. The van der Waals surface area contributed by atoms with Crippen molar-refractivity contribution in [1.82, 2.24) is 15.5 Å². The molecule has 1 aliphatic heterocycles. The van der Waals surface area contributed by atoms with Crippen LogP contribution in [-0.4, -0.2) is 48.3 Å². The molecule has 5 nitrogen and oxygen atoms in total. The summed E-state index contributed by atoms with van der Waals surface area (Å²) >= 11 is 6.10. The fraction of sp³-hybridized carbons (Fsp3) is 0.562. The van der Waals surface area contributed by atoms with Crippen LogP contribution in [0, 0.1) is 0 Å². The zero-order chi connectivity index (χ0) is 15.9. The van der Waals surface area contributed by atoms with E-state index in [0.29, 0.717) is 11.6 Å². The highest BCUT2D eigenvalue weighted by Crippen LogP contribution is 2.26. The van der Waals surface area contributed by atoms with Gasteiger partial charge in [0.1, 0.15) is 0 Å². The minimum atomic E-state index is -0.548. The van der Waals surface area contributed by atoms with Crippen LogP contribution in [0.15, 0.2) is 24.3 Å². The summed E-state index contributed by atoms with van der Waals surface area (Å²) in [5.74, 6) is 0. The van der Waals surface area contributed by atoms with Crippen molar-refractivity contribution in [2.45, 2.75) is 31.9 Å². The van der Waals surface area contributed by atoms with Crippen LogP contribution in [0.4, 0.5) is 4.79 Å². The number of halogens is 1. The summed E-state index contributed by atoms with van der Waals surface area (Å²) in [7, 11) is 0. The molecule has 2 rings (SSSR count). The van der Waals surface area contributed by atoms with E-state index < -0.39 is 6.10 Å². The van der Waals surface area contributed by atoms with Gasteiger partial charge < -0.3 is 15.7 Å². The zero-order valence-corrected chi connectivity index (χ0v) is 13.6. The normalized spacial score (nSPS) is 18.0. The molecule has 1 fully saturated rings. The molecule has 0 spiro atoms. The molecule has 0 aliphatic carbocycles. The third-order valence-corrected chi connectivity index (χ3v) is 4.06. The van der Waals surface area contributed by atoms with Gasteiger partial charge in [-0.1, -0.05) is 23.7 Å². The number of urea groups is 1. The summed E-state index contributed by atoms with van der Waals surface area (Å²) in [6.07, 6.45) is 1.82. The minimum Gasteiger partial charge on any atom is -0.392 e. The lowest BCUT2D eigenvalue weighted by Crippen LogP contribution is -2.43. The van der Waals surface area contributed by atoms with Gasteiger partial charge in [-0.2, -0.15) is 0 Å². The van der Waals surface area contributed by atoms with Gasteiger partial charge >= 0.3 is 6.03 Å². The Labute approximate surface area is 136 Å². The van der Waals surface area contributed by atoms with Gasteiger partial charge in [0.15, 0.2) is 0 Å². The van der Waals surface area contributed by atoms with Crippen molar-refractivity contribution in [1.29, 1.82) is 0 Å². The molecule has 1 aliphatic rings. The van der Waals surface area contributed by atoms with E-state index in [1.165, 1.54) is 12.8 Å². The number of nitrogens with one attached hydrogen (secondary N) is 2. The Morgan fingerprint density at radius 1 is 1.32 bits per heavy atom. The lowest BCUT2D eigenvalue weighted by atomic mass is 10.1. The van der Waals surface area contributed by atoms with Gasteiger partial charge in [0, 0.05) is 18.1 Å². The van der Waals surface area contributed by atoms with Crippen LogP contribution in [0.3, 0.4) is 0 Å². The Morgan fingerprint density at radius 2 is 2.00 bits per heavy atom. The van der Waals surface area contributed by atoms with Gasteiger partial charge in [-0.25, -0.2) is 4.79 Å². The highest BCUT2D eigenvalue weighted by molar-refractivity contribution is 6.30. The highest BCUT2D eigenvalue weighted by atomic mass is 35.5. The number of rotatable bonds is 6. The van der Waals surface area contributed by atoms with Crippen molar-refractivity contribution in [3.05, 3.63) is 34.9 Å². The Kier molecular flexibility index (Phi) is 6.49. The molecule has 22 heavy (non-hydrogen) atoms. The smallest absolute Gasteiger partial charge is 0.314 e. The number of nitrogens with zero attached hydrogens (tertiary/aromatic N) is 1. The first kappa shape index (κ1) is 17.1. The summed E-state index contributed by atoms with van der Waals surface area (Å²) < 4.78 is 0. The van der Waals surface area contributed by atoms with Gasteiger partial charge in [-0.3, -0.25) is 4.90 Å². The first-order valence-electron chi connectivity index (χ1n) is 7.75. The molecular formula is C16H24ClN3O2. The average molecular weight is 326 g/mol. The van der Waals surface area contributed by atoms with Gasteiger partial charge in [0.2, 0.25) is 0 Å². The van der Waals surface area contributed by atoms with E-state index in [1.807, 2.05) is 24.3 Å². The molecule has 2 amide bonds. The van der Waals surface area contributed by atoms with E-state index in [-0.39, 0.29) is 18.6 Å². The third kappa shape index (κ3) is 5.16. The number of carbonyl (C=O) groups is 1. The van der Waals surface area contributed by atoms with Crippen molar-refractivity contribution in [2.24, 2.45) is 0 Å². The molecule has 1 saturated heterocycles. The van der Waals surface area contributed by atoms with Crippen LogP contribution in [0.5, 0.6) is 0 Å². The van der Waals surface area contributed by atoms with Gasteiger partial charge in [-0.15, -0.1) is 0 Å². The summed E-state index contributed by atoms with van der Waals surface area (Å²) in [6.45, 7) is 4.48. The molecule has 0 bridgehead atoms. The minimum absolute atomic E-state index is 0.124. The monoisotopic (exact) mass is 325 g/mol. The summed E-state index contributed by atoms with van der Waals surface area (Å²) in [4.78, 5) is 14.2. The number of carbonyl (C=O) groups excluding carboxylic acids is 1. The van der Waals surface area contributed by atoms with E-state index in [4.69, 9.17) is 11.6 Å². The third-order valence-electron chi connectivity index (χ3n) is 3.83. The molecule has 1 aromatic rings. The first-order valence-corrected chi connectivity index (χ1v) is 8.13. The molecule has 6 heteroatoms. The lowest BCUT2D eigenvalue weighted by molar-refractivity contribution is 0.185. The van der Waals surface area contributed by atoms with E-state index >= 15 is 0 Å². The topological polar surface area (TPSA) is 64.6 Å². The van der Waals surface area contributed by atoms with Crippen LogP contribution in [0.1, 0.15) is 31.4 Å². The lowest BCUT2D eigenvalue weighted by Gasteiger charge is -2.28. The van der Waals surface area contributed by atoms with Crippen LogP contribution in [0.2, 0.25) is 5.02 Å². The number of amides is 2. The Hall–Kier alpha value is -1.30. The number of hydrogen-bond acceptors (Lipinski definition) is 3. The van der Waals surface area contributed by atoms with E-state index in [1.54, 1.807) is 6.92 Å². The van der Waals surface area contributed by atoms with Crippen molar-refractivity contribution >= 4 is 17.6 Å². The number of aliphatic hydroxyl groups is 1. The number of aliphatic hydroxyl groups excluding tert-OH is 1. The Balaban J connectivity index is 1.98. The van der Waals surface area contributed by atoms with E-state index in [9.17, 15) is 9.90 Å². The van der Waals surface area contributed by atoms with E-state index in [2.05, 4.69) is 15.5 Å². The highest BCUT2D eigenvalue weighted by Gasteiger charge is 2.24. The zero-order valence-electron chi connectivity index (χ0n) is 12.9. The molecule has 1 heterocycles. The van der Waals surface area contributed by atoms with Crippen molar-refractivity contribution in [2.75, 3.05) is 26.2 Å². The standard InChI is InChI=1S/C16H24ClN3O2/c1-12(21)10-18-16(22)19-11-15(20-7-2-3-8-20)13-5-4-6-14(17)9-13/h4-6,9,12,15,21H,2-3,7-8,10-11H2,1H3,(H2,18,19,22)/t12-,15+/m1/s1. The molecule has 0 saturated carbocycles. The SMILES string of the molecule is C[C@@H](O)CNC(=O)NC[C@@H](c1cccc(Cl)c1)N1CCCC1. The van der Waals surface area contributed by atoms with Gasteiger partial charge in [0.05, 0.1) is 12.1 Å². The maximum atomic E-state index is 11.8. The second-order valence-corrected chi connectivity index (χ2v) is 6.19. The molecule has 3 N–H and O–H groups in total. The predicted octanol–water partition coefficient (Wildman–Crippen LogP) is 2.16. The predicted molar refractivity (Wildman–Crippen MR) is 88.1 cm³/mol. The van der Waals surface area contributed by atoms with Crippen molar-refractivity contribution in [3.8, 4) is 0 Å². The quantitative estimate of drug-likeness (QED) is 0.751. The second-order valence-electron chi connectivity index (χ2n) is 5.75. The average Bonchev–Trinajstić information content (AvgIpc) is 2.99. The molecule has 0 aromatic heterocycles.